The fourth-order valence-corrected chi connectivity index (χ4v) is 1.73. The first kappa shape index (κ1) is 8.51. The molecule has 0 unspecified atom stereocenters. The van der Waals surface area contributed by atoms with E-state index >= 15 is 0 Å². The summed E-state index contributed by atoms with van der Waals surface area (Å²) in [5, 5.41) is 8.98. The lowest BCUT2D eigenvalue weighted by molar-refractivity contribution is 0.238. The van der Waals surface area contributed by atoms with E-state index in [9.17, 15) is 0 Å². The smallest absolute Gasteiger partial charge is 0.128 e. The zero-order chi connectivity index (χ0) is 9.10. The Hall–Kier alpha value is -1.09. The average Bonchev–Trinajstić information content (AvgIpc) is 2.67. The molecule has 1 aromatic rings. The highest BCUT2D eigenvalue weighted by Gasteiger charge is 2.22. The van der Waals surface area contributed by atoms with Crippen molar-refractivity contribution in [2.24, 2.45) is 5.92 Å². The zero-order valence-electron chi connectivity index (χ0n) is 7.56. The summed E-state index contributed by atoms with van der Waals surface area (Å²) in [7, 11) is 0. The topological polar surface area (TPSA) is 36.4 Å². The molecule has 1 aliphatic rings. The Morgan fingerprint density at radius 3 is 3.08 bits per heavy atom. The van der Waals surface area contributed by atoms with Crippen LogP contribution in [0.15, 0.2) is 24.4 Å². The van der Waals surface area contributed by atoms with Gasteiger partial charge in [0, 0.05) is 31.8 Å². The third-order valence-electron chi connectivity index (χ3n) is 2.52. The van der Waals surface area contributed by atoms with Gasteiger partial charge in [-0.15, -0.1) is 0 Å². The van der Waals surface area contributed by atoms with Crippen LogP contribution < -0.4 is 4.90 Å². The van der Waals surface area contributed by atoms with Crippen LogP contribution in [0.25, 0.3) is 0 Å². The third-order valence-corrected chi connectivity index (χ3v) is 2.52. The van der Waals surface area contributed by atoms with Crippen molar-refractivity contribution in [2.45, 2.75) is 6.42 Å². The van der Waals surface area contributed by atoms with Gasteiger partial charge in [0.2, 0.25) is 0 Å². The molecule has 0 amide bonds. The van der Waals surface area contributed by atoms with Gasteiger partial charge in [-0.25, -0.2) is 4.98 Å². The van der Waals surface area contributed by atoms with Crippen LogP contribution >= 0.6 is 0 Å². The number of nitrogens with zero attached hydrogens (tertiary/aromatic N) is 2. The Bertz CT molecular complexity index is 263. The van der Waals surface area contributed by atoms with E-state index in [2.05, 4.69) is 9.88 Å². The molecule has 0 spiro atoms. The van der Waals surface area contributed by atoms with Crippen LogP contribution in [0.2, 0.25) is 0 Å². The standard InChI is InChI=1S/C10H14N2O/c13-8-9-4-6-12(7-9)10-3-1-2-5-11-10/h1-3,5,9,13H,4,6-8H2/t9-/m0/s1. The van der Waals surface area contributed by atoms with Gasteiger partial charge >= 0.3 is 0 Å². The first-order chi connectivity index (χ1) is 6.40. The van der Waals surface area contributed by atoms with Crippen LogP contribution in [-0.2, 0) is 0 Å². The maximum absolute atomic E-state index is 8.98. The van der Waals surface area contributed by atoms with Crippen LogP contribution in [0.4, 0.5) is 5.82 Å². The second-order valence-electron chi connectivity index (χ2n) is 3.47. The molecule has 3 heteroatoms. The van der Waals surface area contributed by atoms with E-state index in [1.54, 1.807) is 0 Å². The van der Waals surface area contributed by atoms with E-state index in [1.807, 2.05) is 24.4 Å². The number of rotatable bonds is 2. The highest BCUT2D eigenvalue weighted by atomic mass is 16.3. The SMILES string of the molecule is OC[C@H]1CCN(c2ccccn2)C1. The third kappa shape index (κ3) is 1.80. The van der Waals surface area contributed by atoms with Crippen molar-refractivity contribution >= 4 is 5.82 Å². The number of anilines is 1. The molecule has 0 radical (unpaired) electrons. The molecule has 0 bridgehead atoms. The van der Waals surface area contributed by atoms with Gasteiger partial charge in [-0.1, -0.05) is 6.07 Å². The maximum atomic E-state index is 8.98. The Morgan fingerprint density at radius 2 is 2.46 bits per heavy atom. The number of pyridine rings is 1. The Morgan fingerprint density at radius 1 is 1.54 bits per heavy atom. The Balaban J connectivity index is 2.04. The van der Waals surface area contributed by atoms with E-state index in [0.29, 0.717) is 12.5 Å². The van der Waals surface area contributed by atoms with E-state index in [0.717, 1.165) is 25.3 Å². The quantitative estimate of drug-likeness (QED) is 0.731. The van der Waals surface area contributed by atoms with Crippen LogP contribution in [0.1, 0.15) is 6.42 Å². The summed E-state index contributed by atoms with van der Waals surface area (Å²) in [4.78, 5) is 6.50. The van der Waals surface area contributed by atoms with Crippen molar-refractivity contribution in [1.29, 1.82) is 0 Å². The molecule has 2 heterocycles. The normalized spacial score (nSPS) is 22.2. The summed E-state index contributed by atoms with van der Waals surface area (Å²) < 4.78 is 0. The predicted molar refractivity (Wildman–Crippen MR) is 51.6 cm³/mol. The van der Waals surface area contributed by atoms with Gasteiger partial charge in [0.25, 0.3) is 0 Å². The highest BCUT2D eigenvalue weighted by molar-refractivity contribution is 5.38. The molecule has 0 saturated carbocycles. The van der Waals surface area contributed by atoms with E-state index in [1.165, 1.54) is 0 Å². The second kappa shape index (κ2) is 3.75. The molecule has 70 valence electrons. The number of hydrogen-bond donors (Lipinski definition) is 1. The number of aliphatic hydroxyl groups is 1. The lowest BCUT2D eigenvalue weighted by Crippen LogP contribution is -2.21. The average molecular weight is 178 g/mol. The summed E-state index contributed by atoms with van der Waals surface area (Å²) >= 11 is 0. The van der Waals surface area contributed by atoms with Gasteiger partial charge in [0.05, 0.1) is 0 Å². The number of aromatic nitrogens is 1. The molecule has 1 atom stereocenters. The molecular weight excluding hydrogens is 164 g/mol. The van der Waals surface area contributed by atoms with Crippen LogP contribution in [0.3, 0.4) is 0 Å². The summed E-state index contributed by atoms with van der Waals surface area (Å²) in [6.07, 6.45) is 2.88. The minimum atomic E-state index is 0.295. The minimum Gasteiger partial charge on any atom is -0.396 e. The van der Waals surface area contributed by atoms with Crippen LogP contribution in [0.5, 0.6) is 0 Å². The molecule has 1 fully saturated rings. The number of hydrogen-bond acceptors (Lipinski definition) is 3. The van der Waals surface area contributed by atoms with Crippen molar-refractivity contribution in [1.82, 2.24) is 4.98 Å². The molecule has 0 aliphatic carbocycles. The highest BCUT2D eigenvalue weighted by Crippen LogP contribution is 2.20. The fraction of sp³-hybridized carbons (Fsp3) is 0.500. The lowest BCUT2D eigenvalue weighted by atomic mass is 10.1. The second-order valence-corrected chi connectivity index (χ2v) is 3.47. The zero-order valence-corrected chi connectivity index (χ0v) is 7.56. The molecule has 0 aromatic carbocycles. The van der Waals surface area contributed by atoms with Gasteiger partial charge in [-0.2, -0.15) is 0 Å². The maximum Gasteiger partial charge on any atom is 0.128 e. The molecule has 1 aromatic heterocycles. The van der Waals surface area contributed by atoms with Gasteiger partial charge in [0.15, 0.2) is 0 Å². The van der Waals surface area contributed by atoms with E-state index < -0.39 is 0 Å². The van der Waals surface area contributed by atoms with Gasteiger partial charge in [-0.3, -0.25) is 0 Å². The van der Waals surface area contributed by atoms with Crippen molar-refractivity contribution in [2.75, 3.05) is 24.6 Å². The van der Waals surface area contributed by atoms with Gasteiger partial charge < -0.3 is 10.0 Å². The first-order valence-electron chi connectivity index (χ1n) is 4.67. The predicted octanol–water partition coefficient (Wildman–Crippen LogP) is 0.900. The molecule has 1 aliphatic heterocycles. The van der Waals surface area contributed by atoms with Crippen molar-refractivity contribution < 1.29 is 5.11 Å². The molecule has 2 rings (SSSR count). The van der Waals surface area contributed by atoms with Crippen molar-refractivity contribution in [3.8, 4) is 0 Å². The van der Waals surface area contributed by atoms with Crippen molar-refractivity contribution in [3.63, 3.8) is 0 Å². The minimum absolute atomic E-state index is 0.295. The molecule has 1 N–H and O–H groups in total. The van der Waals surface area contributed by atoms with Crippen LogP contribution in [0, 0.1) is 5.92 Å². The summed E-state index contributed by atoms with van der Waals surface area (Å²) in [6, 6.07) is 5.93. The summed E-state index contributed by atoms with van der Waals surface area (Å²) in [6.45, 7) is 2.25. The lowest BCUT2D eigenvalue weighted by Gasteiger charge is -2.16. The van der Waals surface area contributed by atoms with E-state index in [-0.39, 0.29) is 0 Å². The first-order valence-corrected chi connectivity index (χ1v) is 4.67. The van der Waals surface area contributed by atoms with Crippen molar-refractivity contribution in [3.05, 3.63) is 24.4 Å². The summed E-state index contributed by atoms with van der Waals surface area (Å²) in [5.74, 6) is 1.46. The van der Waals surface area contributed by atoms with E-state index in [4.69, 9.17) is 5.11 Å². The number of aliphatic hydroxyl groups excluding tert-OH is 1. The summed E-state index contributed by atoms with van der Waals surface area (Å²) in [5.41, 5.74) is 0. The largest absolute Gasteiger partial charge is 0.396 e. The Labute approximate surface area is 78.0 Å². The fourth-order valence-electron chi connectivity index (χ4n) is 1.73. The van der Waals surface area contributed by atoms with Gasteiger partial charge in [0.1, 0.15) is 5.82 Å². The van der Waals surface area contributed by atoms with Crippen LogP contribution in [-0.4, -0.2) is 29.8 Å². The monoisotopic (exact) mass is 178 g/mol. The molecule has 1 saturated heterocycles. The molecular formula is C10H14N2O. The van der Waals surface area contributed by atoms with Gasteiger partial charge in [-0.05, 0) is 18.6 Å². The molecule has 13 heavy (non-hydrogen) atoms. The Kier molecular flexibility index (Phi) is 2.45. The molecule has 3 nitrogen and oxygen atoms in total.